The standard InChI is InChI=1S/C39H52ClFN4O6S/c1-38(2)22-25(34(47)44-38)20-30(32(46)36(49)42-29-16-17-29)43-35(48)31(18-23-10-6-5-7-11-23)52-45-37(50)51-33(24-12-8-15-28(41)19-24)39(3,4)26-13-9-14-27(40)21-26/h8-9,12-15,19,21,23,25,29-33,46H,5-7,10-11,16-18,20,22H2,1-4H3,(H,42,49)(H,43,48)(H,44,47)(H,45,50)/t25?,30?,31-,32?,33?/m0/s1. The van der Waals surface area contributed by atoms with Gasteiger partial charge in [0.2, 0.25) is 11.8 Å². The minimum Gasteiger partial charge on any atom is -0.440 e. The third-order valence-electron chi connectivity index (χ3n) is 10.5. The Morgan fingerprint density at radius 2 is 1.75 bits per heavy atom. The van der Waals surface area contributed by atoms with Crippen molar-refractivity contribution in [2.75, 3.05) is 0 Å². The van der Waals surface area contributed by atoms with Crippen LogP contribution in [-0.4, -0.2) is 57.9 Å². The van der Waals surface area contributed by atoms with E-state index in [4.69, 9.17) is 16.3 Å². The van der Waals surface area contributed by atoms with Gasteiger partial charge in [0, 0.05) is 27.9 Å². The van der Waals surface area contributed by atoms with Crippen LogP contribution < -0.4 is 20.7 Å². The lowest BCUT2D eigenvalue weighted by atomic mass is 9.76. The highest BCUT2D eigenvalue weighted by Crippen LogP contribution is 2.41. The highest BCUT2D eigenvalue weighted by Gasteiger charge is 2.42. The summed E-state index contributed by atoms with van der Waals surface area (Å²) in [6.45, 7) is 7.58. The predicted octanol–water partition coefficient (Wildman–Crippen LogP) is 6.64. The summed E-state index contributed by atoms with van der Waals surface area (Å²) in [6.07, 6.45) is 4.44. The lowest BCUT2D eigenvalue weighted by Gasteiger charge is -2.35. The van der Waals surface area contributed by atoms with Crippen LogP contribution in [0.15, 0.2) is 48.5 Å². The Balaban J connectivity index is 1.33. The predicted molar refractivity (Wildman–Crippen MR) is 200 cm³/mol. The number of halogens is 2. The van der Waals surface area contributed by atoms with Gasteiger partial charge >= 0.3 is 6.09 Å². The van der Waals surface area contributed by atoms with E-state index in [1.165, 1.54) is 12.1 Å². The molecule has 1 heterocycles. The maximum Gasteiger partial charge on any atom is 0.417 e. The monoisotopic (exact) mass is 758 g/mol. The molecule has 4 amide bonds. The first-order chi connectivity index (χ1) is 24.6. The van der Waals surface area contributed by atoms with Crippen molar-refractivity contribution in [2.45, 2.75) is 132 Å². The molecule has 13 heteroatoms. The van der Waals surface area contributed by atoms with Crippen LogP contribution in [-0.2, 0) is 24.5 Å². The average Bonchev–Trinajstić information content (AvgIpc) is 3.87. The first-order valence-corrected chi connectivity index (χ1v) is 19.6. The summed E-state index contributed by atoms with van der Waals surface area (Å²) >= 11 is 7.23. The highest BCUT2D eigenvalue weighted by molar-refractivity contribution is 7.99. The van der Waals surface area contributed by atoms with Crippen LogP contribution in [0.5, 0.6) is 0 Å². The third kappa shape index (κ3) is 10.9. The molecule has 0 bridgehead atoms. The molecule has 2 aliphatic carbocycles. The van der Waals surface area contributed by atoms with Crippen LogP contribution in [0.2, 0.25) is 5.02 Å². The first kappa shape index (κ1) is 39.8. The number of amides is 4. The smallest absolute Gasteiger partial charge is 0.417 e. The second-order valence-corrected chi connectivity index (χ2v) is 17.3. The van der Waals surface area contributed by atoms with Gasteiger partial charge in [0.15, 0.2) is 6.10 Å². The normalized spacial score (nSPS) is 21.3. The van der Waals surface area contributed by atoms with E-state index in [9.17, 15) is 28.7 Å². The summed E-state index contributed by atoms with van der Waals surface area (Å²) in [5, 5.41) is 19.6. The molecule has 3 aliphatic rings. The molecule has 0 radical (unpaired) electrons. The number of ether oxygens (including phenoxy) is 1. The zero-order chi connectivity index (χ0) is 37.6. The molecule has 4 unspecified atom stereocenters. The maximum atomic E-state index is 14.5. The molecular formula is C39H52ClFN4O6S. The molecule has 0 aromatic heterocycles. The van der Waals surface area contributed by atoms with Crippen molar-refractivity contribution >= 4 is 47.4 Å². The van der Waals surface area contributed by atoms with Crippen LogP contribution in [0.3, 0.4) is 0 Å². The van der Waals surface area contributed by atoms with E-state index in [1.54, 1.807) is 30.3 Å². The minimum absolute atomic E-state index is 0.00269. The van der Waals surface area contributed by atoms with Gasteiger partial charge in [-0.1, -0.05) is 81.8 Å². The van der Waals surface area contributed by atoms with Gasteiger partial charge in [0.1, 0.15) is 17.2 Å². The molecule has 284 valence electrons. The Morgan fingerprint density at radius 1 is 1.04 bits per heavy atom. The van der Waals surface area contributed by atoms with Crippen molar-refractivity contribution in [3.63, 3.8) is 0 Å². The number of carbonyl (C=O) groups excluding carboxylic acids is 4. The zero-order valence-corrected chi connectivity index (χ0v) is 32.0. The number of hydrogen-bond donors (Lipinski definition) is 5. The van der Waals surface area contributed by atoms with Crippen molar-refractivity contribution in [3.05, 3.63) is 70.5 Å². The molecule has 3 fully saturated rings. The van der Waals surface area contributed by atoms with Gasteiger partial charge in [-0.05, 0) is 99.2 Å². The average molecular weight is 759 g/mol. The second-order valence-electron chi connectivity index (χ2n) is 15.9. The SMILES string of the molecule is CC1(C)CC(CC(NC(=O)[C@H](CC2CCCCC2)SNC(=O)OC(c2cccc(F)c2)C(C)(C)c2cccc(Cl)c2)C(O)C(=O)NC2CC2)C(=O)N1. The van der Waals surface area contributed by atoms with Crippen molar-refractivity contribution < 1.29 is 33.4 Å². The summed E-state index contributed by atoms with van der Waals surface area (Å²) in [4.78, 5) is 53.6. The number of aliphatic hydroxyl groups excluding tert-OH is 1. The van der Waals surface area contributed by atoms with Gasteiger partial charge in [-0.25, -0.2) is 9.18 Å². The van der Waals surface area contributed by atoms with Crippen LogP contribution >= 0.6 is 23.5 Å². The summed E-state index contributed by atoms with van der Waals surface area (Å²) in [5.41, 5.74) is -0.0715. The summed E-state index contributed by atoms with van der Waals surface area (Å²) in [5.74, 6) is -1.99. The molecule has 1 saturated heterocycles. The molecule has 5 N–H and O–H groups in total. The Bertz CT molecular complexity index is 1600. The highest BCUT2D eigenvalue weighted by atomic mass is 35.5. The molecule has 52 heavy (non-hydrogen) atoms. The van der Waals surface area contributed by atoms with Gasteiger partial charge in [-0.15, -0.1) is 0 Å². The summed E-state index contributed by atoms with van der Waals surface area (Å²) in [6, 6.07) is 12.0. The zero-order valence-electron chi connectivity index (χ0n) is 30.4. The molecule has 10 nitrogen and oxygen atoms in total. The van der Waals surface area contributed by atoms with Crippen molar-refractivity contribution in [1.29, 1.82) is 0 Å². The van der Waals surface area contributed by atoms with Gasteiger partial charge in [0.05, 0.1) is 6.04 Å². The van der Waals surface area contributed by atoms with E-state index < -0.39 is 64.1 Å². The fraction of sp³-hybridized carbons (Fsp3) is 0.590. The summed E-state index contributed by atoms with van der Waals surface area (Å²) in [7, 11) is 0. The first-order valence-electron chi connectivity index (χ1n) is 18.4. The van der Waals surface area contributed by atoms with E-state index in [0.29, 0.717) is 23.4 Å². The van der Waals surface area contributed by atoms with E-state index in [2.05, 4.69) is 20.7 Å². The van der Waals surface area contributed by atoms with Gasteiger partial charge in [-0.2, -0.15) is 0 Å². The quantitative estimate of drug-likeness (QED) is 0.128. The Kier molecular flexibility index (Phi) is 13.2. The topological polar surface area (TPSA) is 146 Å². The molecule has 2 aromatic rings. The van der Waals surface area contributed by atoms with Crippen LogP contribution in [0.25, 0.3) is 0 Å². The lowest BCUT2D eigenvalue weighted by Crippen LogP contribution is -2.54. The fourth-order valence-corrected chi connectivity index (χ4v) is 8.48. The number of carbonyl (C=O) groups is 4. The molecule has 1 aliphatic heterocycles. The van der Waals surface area contributed by atoms with Gasteiger partial charge < -0.3 is 25.8 Å². The van der Waals surface area contributed by atoms with Crippen LogP contribution in [0.1, 0.15) is 109 Å². The Labute approximate surface area is 315 Å². The molecule has 2 saturated carbocycles. The molecular weight excluding hydrogens is 707 g/mol. The Hall–Kier alpha value is -3.35. The van der Waals surface area contributed by atoms with Crippen LogP contribution in [0.4, 0.5) is 9.18 Å². The van der Waals surface area contributed by atoms with E-state index in [1.807, 2.05) is 33.8 Å². The third-order valence-corrected chi connectivity index (χ3v) is 11.7. The fourth-order valence-electron chi connectivity index (χ4n) is 7.46. The number of aliphatic hydroxyl groups is 1. The van der Waals surface area contributed by atoms with Gasteiger partial charge in [0.25, 0.3) is 5.91 Å². The molecule has 0 spiro atoms. The molecule has 2 aromatic carbocycles. The largest absolute Gasteiger partial charge is 0.440 e. The lowest BCUT2D eigenvalue weighted by molar-refractivity contribution is -0.133. The van der Waals surface area contributed by atoms with Crippen molar-refractivity contribution in [2.24, 2.45) is 11.8 Å². The minimum atomic E-state index is -1.57. The van der Waals surface area contributed by atoms with Crippen LogP contribution in [0, 0.1) is 17.7 Å². The van der Waals surface area contributed by atoms with Gasteiger partial charge in [-0.3, -0.25) is 19.1 Å². The number of benzene rings is 2. The molecule has 5 atom stereocenters. The number of hydrogen-bond acceptors (Lipinski definition) is 7. The van der Waals surface area contributed by atoms with Crippen molar-refractivity contribution in [1.82, 2.24) is 20.7 Å². The number of nitrogens with one attached hydrogen (secondary N) is 4. The van der Waals surface area contributed by atoms with Crippen molar-refractivity contribution in [3.8, 4) is 0 Å². The van der Waals surface area contributed by atoms with E-state index >= 15 is 0 Å². The summed E-state index contributed by atoms with van der Waals surface area (Å²) < 4.78 is 23.2. The van der Waals surface area contributed by atoms with E-state index in [0.717, 1.165) is 62.5 Å². The maximum absolute atomic E-state index is 14.5. The van der Waals surface area contributed by atoms with E-state index in [-0.39, 0.29) is 24.3 Å². The Morgan fingerprint density at radius 3 is 2.38 bits per heavy atom. The second kappa shape index (κ2) is 17.2. The number of rotatable bonds is 15. The molecule has 5 rings (SSSR count).